The second kappa shape index (κ2) is 11.7. The average molecular weight is 500 g/mol. The van der Waals surface area contributed by atoms with Crippen molar-refractivity contribution >= 4 is 28.9 Å². The monoisotopic (exact) mass is 499 g/mol. The summed E-state index contributed by atoms with van der Waals surface area (Å²) in [6, 6.07) is 21.0. The fourth-order valence-corrected chi connectivity index (χ4v) is 3.64. The Balaban J connectivity index is 1.42. The van der Waals surface area contributed by atoms with Gasteiger partial charge in [-0.2, -0.15) is 0 Å². The van der Waals surface area contributed by atoms with E-state index in [4.69, 9.17) is 18.6 Å². The third-order valence-electron chi connectivity index (χ3n) is 5.55. The number of fused-ring (bicyclic) bond motifs is 1. The van der Waals surface area contributed by atoms with Crippen molar-refractivity contribution in [3.63, 3.8) is 0 Å². The largest absolute Gasteiger partial charge is 0.497 e. The predicted molar refractivity (Wildman–Crippen MR) is 139 cm³/mol. The first kappa shape index (κ1) is 25.2. The molecule has 3 aromatic carbocycles. The molecule has 0 aliphatic rings. The van der Waals surface area contributed by atoms with E-state index in [1.807, 2.05) is 30.3 Å². The Morgan fingerprint density at radius 3 is 2.46 bits per heavy atom. The fraction of sp³-hybridized carbons (Fsp3) is 0.138. The minimum atomic E-state index is -0.778. The zero-order chi connectivity index (χ0) is 26.2. The first-order chi connectivity index (χ1) is 18.0. The summed E-state index contributed by atoms with van der Waals surface area (Å²) in [5.74, 6) is 0.208. The number of ether oxygens (including phenoxy) is 3. The van der Waals surface area contributed by atoms with Gasteiger partial charge >= 0.3 is 11.6 Å². The SMILES string of the molecule is COc1ccc(/C=C/C(=O)Oc2ccc3cc(C(=O)NCCc4ccccc4)c(=O)oc3c2)c(OC)c1. The molecular formula is C29H25NO7. The molecule has 0 bridgehead atoms. The number of rotatable bonds is 9. The van der Waals surface area contributed by atoms with Crippen LogP contribution in [0.4, 0.5) is 0 Å². The highest BCUT2D eigenvalue weighted by Crippen LogP contribution is 2.26. The molecule has 1 aromatic heterocycles. The number of nitrogens with one attached hydrogen (secondary N) is 1. The third kappa shape index (κ3) is 6.43. The molecule has 4 rings (SSSR count). The molecule has 1 heterocycles. The van der Waals surface area contributed by atoms with Crippen LogP contribution in [0.5, 0.6) is 17.2 Å². The summed E-state index contributed by atoms with van der Waals surface area (Å²) < 4.78 is 21.1. The summed E-state index contributed by atoms with van der Waals surface area (Å²) in [6.07, 6.45) is 3.46. The second-order valence-electron chi connectivity index (χ2n) is 8.00. The van der Waals surface area contributed by atoms with Gasteiger partial charge in [-0.1, -0.05) is 30.3 Å². The highest BCUT2D eigenvalue weighted by molar-refractivity contribution is 5.97. The van der Waals surface area contributed by atoms with E-state index in [-0.39, 0.29) is 16.9 Å². The second-order valence-corrected chi connectivity index (χ2v) is 8.00. The number of hydrogen-bond acceptors (Lipinski definition) is 7. The maximum atomic E-state index is 12.5. The molecule has 0 unspecified atom stereocenters. The van der Waals surface area contributed by atoms with E-state index < -0.39 is 17.5 Å². The van der Waals surface area contributed by atoms with Crippen molar-refractivity contribution in [3.05, 3.63) is 106 Å². The molecule has 0 saturated carbocycles. The first-order valence-corrected chi connectivity index (χ1v) is 11.5. The van der Waals surface area contributed by atoms with Crippen LogP contribution in [0.25, 0.3) is 17.0 Å². The van der Waals surface area contributed by atoms with E-state index in [1.54, 1.807) is 43.5 Å². The maximum absolute atomic E-state index is 12.5. The van der Waals surface area contributed by atoms with Gasteiger partial charge in [0.15, 0.2) is 0 Å². The molecule has 0 aliphatic heterocycles. The summed E-state index contributed by atoms with van der Waals surface area (Å²) in [5, 5.41) is 3.26. The summed E-state index contributed by atoms with van der Waals surface area (Å²) in [4.78, 5) is 37.3. The normalized spacial score (nSPS) is 10.9. The smallest absolute Gasteiger partial charge is 0.349 e. The molecule has 0 radical (unpaired) electrons. The summed E-state index contributed by atoms with van der Waals surface area (Å²) in [5.41, 5.74) is 1.06. The van der Waals surface area contributed by atoms with E-state index in [9.17, 15) is 14.4 Å². The van der Waals surface area contributed by atoms with E-state index in [2.05, 4.69) is 5.32 Å². The highest BCUT2D eigenvalue weighted by Gasteiger charge is 2.14. The van der Waals surface area contributed by atoms with Gasteiger partial charge < -0.3 is 23.9 Å². The van der Waals surface area contributed by atoms with Crippen LogP contribution in [-0.2, 0) is 11.2 Å². The number of amides is 1. The quantitative estimate of drug-likeness (QED) is 0.158. The number of esters is 1. The van der Waals surface area contributed by atoms with E-state index in [0.29, 0.717) is 35.4 Å². The predicted octanol–water partition coefficient (Wildman–Crippen LogP) is 4.40. The molecule has 1 N–H and O–H groups in total. The van der Waals surface area contributed by atoms with Gasteiger partial charge in [0.25, 0.3) is 5.91 Å². The number of carbonyl (C=O) groups excluding carboxylic acids is 2. The van der Waals surface area contributed by atoms with Crippen molar-refractivity contribution in [3.8, 4) is 17.2 Å². The standard InChI is InChI=1S/C29H25NO7/c1-34-22-11-8-20(25(17-22)35-2)10-13-27(31)36-23-12-9-21-16-24(29(33)37-26(21)18-23)28(32)30-15-14-19-6-4-3-5-7-19/h3-13,16-18H,14-15H2,1-2H3,(H,30,32)/b13-10+. The van der Waals surface area contributed by atoms with Gasteiger partial charge in [-0.25, -0.2) is 9.59 Å². The Hall–Kier alpha value is -4.85. The molecule has 0 atom stereocenters. The van der Waals surface area contributed by atoms with Gasteiger partial charge in [0.2, 0.25) is 0 Å². The Labute approximate surface area is 213 Å². The zero-order valence-corrected chi connectivity index (χ0v) is 20.4. The van der Waals surface area contributed by atoms with Crippen molar-refractivity contribution < 1.29 is 28.2 Å². The minimum Gasteiger partial charge on any atom is -0.497 e. The Bertz CT molecular complexity index is 1510. The minimum absolute atomic E-state index is 0.0957. The molecular weight excluding hydrogens is 474 g/mol. The van der Waals surface area contributed by atoms with Crippen molar-refractivity contribution in [2.75, 3.05) is 20.8 Å². The van der Waals surface area contributed by atoms with Gasteiger partial charge in [-0.05, 0) is 48.4 Å². The lowest BCUT2D eigenvalue weighted by Gasteiger charge is -2.07. The van der Waals surface area contributed by atoms with Crippen LogP contribution in [0.3, 0.4) is 0 Å². The molecule has 0 aliphatic carbocycles. The number of methoxy groups -OCH3 is 2. The van der Waals surface area contributed by atoms with Crippen LogP contribution in [0.2, 0.25) is 0 Å². The van der Waals surface area contributed by atoms with Gasteiger partial charge in [-0.3, -0.25) is 4.79 Å². The van der Waals surface area contributed by atoms with Crippen LogP contribution < -0.4 is 25.2 Å². The van der Waals surface area contributed by atoms with Gasteiger partial charge in [-0.15, -0.1) is 0 Å². The number of benzene rings is 3. The Morgan fingerprint density at radius 1 is 0.919 bits per heavy atom. The Kier molecular flexibility index (Phi) is 8.00. The lowest BCUT2D eigenvalue weighted by Crippen LogP contribution is -2.29. The molecule has 8 heteroatoms. The number of carbonyl (C=O) groups is 2. The van der Waals surface area contributed by atoms with Crippen molar-refractivity contribution in [2.45, 2.75) is 6.42 Å². The molecule has 188 valence electrons. The van der Waals surface area contributed by atoms with Gasteiger partial charge in [0.05, 0.1) is 14.2 Å². The van der Waals surface area contributed by atoms with Crippen molar-refractivity contribution in [1.29, 1.82) is 0 Å². The molecule has 0 saturated heterocycles. The van der Waals surface area contributed by atoms with Crippen LogP contribution in [0.15, 0.2) is 88.1 Å². The summed E-state index contributed by atoms with van der Waals surface area (Å²) in [7, 11) is 3.07. The zero-order valence-electron chi connectivity index (χ0n) is 20.4. The van der Waals surface area contributed by atoms with Crippen molar-refractivity contribution in [2.24, 2.45) is 0 Å². The molecule has 4 aromatic rings. The van der Waals surface area contributed by atoms with Crippen LogP contribution in [0.1, 0.15) is 21.5 Å². The van der Waals surface area contributed by atoms with Crippen molar-refractivity contribution in [1.82, 2.24) is 5.32 Å². The third-order valence-corrected chi connectivity index (χ3v) is 5.55. The molecule has 0 fully saturated rings. The van der Waals surface area contributed by atoms with E-state index in [0.717, 1.165) is 5.56 Å². The lowest BCUT2D eigenvalue weighted by molar-refractivity contribution is -0.128. The molecule has 0 spiro atoms. The maximum Gasteiger partial charge on any atom is 0.349 e. The summed E-state index contributed by atoms with van der Waals surface area (Å²) >= 11 is 0. The van der Waals surface area contributed by atoms with Gasteiger partial charge in [0, 0.05) is 35.7 Å². The topological polar surface area (TPSA) is 104 Å². The highest BCUT2D eigenvalue weighted by atomic mass is 16.5. The molecule has 37 heavy (non-hydrogen) atoms. The number of hydrogen-bond donors (Lipinski definition) is 1. The fourth-order valence-electron chi connectivity index (χ4n) is 3.64. The van der Waals surface area contributed by atoms with Crippen LogP contribution >= 0.6 is 0 Å². The van der Waals surface area contributed by atoms with E-state index in [1.165, 1.54) is 25.3 Å². The lowest BCUT2D eigenvalue weighted by atomic mass is 10.1. The summed E-state index contributed by atoms with van der Waals surface area (Å²) in [6.45, 7) is 0.380. The Morgan fingerprint density at radius 2 is 1.70 bits per heavy atom. The first-order valence-electron chi connectivity index (χ1n) is 11.5. The molecule has 8 nitrogen and oxygen atoms in total. The van der Waals surface area contributed by atoms with Crippen LogP contribution in [-0.4, -0.2) is 32.6 Å². The molecule has 1 amide bonds. The average Bonchev–Trinajstić information content (AvgIpc) is 2.91. The van der Waals surface area contributed by atoms with E-state index >= 15 is 0 Å². The van der Waals surface area contributed by atoms with Gasteiger partial charge in [0.1, 0.15) is 28.4 Å². The van der Waals surface area contributed by atoms with Crippen LogP contribution in [0, 0.1) is 0 Å².